The lowest BCUT2D eigenvalue weighted by atomic mass is 10.0. The molecule has 0 spiro atoms. The fourth-order valence-corrected chi connectivity index (χ4v) is 3.96. The molecule has 0 bridgehead atoms. The van der Waals surface area contributed by atoms with E-state index in [1.165, 1.54) is 0 Å². The highest BCUT2D eigenvalue weighted by Gasteiger charge is 2.44. The van der Waals surface area contributed by atoms with Crippen LogP contribution in [-0.4, -0.2) is 64.9 Å². The Kier molecular flexibility index (Phi) is 4.96. The van der Waals surface area contributed by atoms with Gasteiger partial charge in [0.05, 0.1) is 17.2 Å². The van der Waals surface area contributed by atoms with E-state index in [4.69, 9.17) is 0 Å². The Morgan fingerprint density at radius 3 is 2.64 bits per heavy atom. The van der Waals surface area contributed by atoms with Crippen molar-refractivity contribution in [2.45, 2.75) is 44.0 Å². The molecule has 2 fully saturated rings. The summed E-state index contributed by atoms with van der Waals surface area (Å²) in [6.45, 7) is 1.82. The molecule has 4 amide bonds. The molecule has 3 atom stereocenters. The van der Waals surface area contributed by atoms with Crippen molar-refractivity contribution in [1.82, 2.24) is 20.9 Å². The van der Waals surface area contributed by atoms with Gasteiger partial charge in [0.2, 0.25) is 11.8 Å². The summed E-state index contributed by atoms with van der Waals surface area (Å²) in [5.74, 6) is -2.04. The lowest BCUT2D eigenvalue weighted by Crippen LogP contribution is -2.54. The zero-order valence-electron chi connectivity index (χ0n) is 15.2. The van der Waals surface area contributed by atoms with Gasteiger partial charge in [-0.05, 0) is 37.1 Å². The average Bonchev–Trinajstić information content (AvgIpc) is 2.92. The van der Waals surface area contributed by atoms with E-state index in [1.54, 1.807) is 18.2 Å². The number of piperidine rings is 2. The van der Waals surface area contributed by atoms with Gasteiger partial charge in [0.25, 0.3) is 11.8 Å². The molecule has 1 aromatic rings. The van der Waals surface area contributed by atoms with Crippen molar-refractivity contribution in [1.29, 1.82) is 0 Å². The number of β-amino-alcohol motifs (C(OH)–C–C–N with tert-alkyl or cyclic N) is 1. The molecule has 3 aliphatic rings. The molecular weight excluding hydrogens is 364 g/mol. The molecule has 2 saturated heterocycles. The Hall–Kier alpha value is -2.62. The minimum absolute atomic E-state index is 0.0354. The van der Waals surface area contributed by atoms with E-state index in [0.29, 0.717) is 13.1 Å². The summed E-state index contributed by atoms with van der Waals surface area (Å²) in [5, 5.41) is 18.6. The molecule has 148 valence electrons. The molecule has 1 unspecified atom stereocenters. The lowest BCUT2D eigenvalue weighted by Gasteiger charge is -2.29. The second-order valence-corrected chi connectivity index (χ2v) is 7.37. The maximum Gasteiger partial charge on any atom is 0.262 e. The third kappa shape index (κ3) is 3.32. The minimum atomic E-state index is -0.962. The normalized spacial score (nSPS) is 27.8. The second kappa shape index (κ2) is 7.42. The van der Waals surface area contributed by atoms with Gasteiger partial charge in [-0.2, -0.15) is 0 Å². The van der Waals surface area contributed by atoms with Crippen LogP contribution in [0.4, 0.5) is 0 Å². The van der Waals surface area contributed by atoms with Crippen molar-refractivity contribution in [2.75, 3.05) is 13.1 Å². The van der Waals surface area contributed by atoms with Gasteiger partial charge >= 0.3 is 0 Å². The van der Waals surface area contributed by atoms with E-state index >= 15 is 0 Å². The summed E-state index contributed by atoms with van der Waals surface area (Å²) < 4.78 is 0. The molecular formula is C19H22N4O5. The number of benzene rings is 1. The number of carbonyl (C=O) groups is 4. The first-order chi connectivity index (χ1) is 13.5. The predicted octanol–water partition coefficient (Wildman–Crippen LogP) is -1.10. The first-order valence-corrected chi connectivity index (χ1v) is 9.42. The molecule has 28 heavy (non-hydrogen) atoms. The van der Waals surface area contributed by atoms with Crippen molar-refractivity contribution in [2.24, 2.45) is 0 Å². The van der Waals surface area contributed by atoms with Gasteiger partial charge in [0, 0.05) is 25.6 Å². The number of nitrogens with one attached hydrogen (secondary N) is 3. The van der Waals surface area contributed by atoms with Gasteiger partial charge in [-0.3, -0.25) is 29.4 Å². The number of hydrogen-bond donors (Lipinski definition) is 4. The average molecular weight is 386 g/mol. The first-order valence-electron chi connectivity index (χ1n) is 9.42. The van der Waals surface area contributed by atoms with Gasteiger partial charge < -0.3 is 15.7 Å². The van der Waals surface area contributed by atoms with Gasteiger partial charge in [-0.25, -0.2) is 0 Å². The standard InChI is InChI=1S/C19H22N4O5/c24-15-9-20-6-5-13(15)21-8-10-1-2-11-12(7-10)19(28)23(18(11)27)14-3-4-16(25)22-17(14)26/h1-2,7,13-15,20-21,24H,3-6,8-9H2,(H,22,25,26)/t13-,14?,15+/m0/s1. The first kappa shape index (κ1) is 18.7. The van der Waals surface area contributed by atoms with Gasteiger partial charge in [0.15, 0.2) is 0 Å². The van der Waals surface area contributed by atoms with Crippen LogP contribution < -0.4 is 16.0 Å². The smallest absolute Gasteiger partial charge is 0.262 e. The Bertz CT molecular complexity index is 855. The maximum atomic E-state index is 12.8. The molecule has 9 heteroatoms. The van der Waals surface area contributed by atoms with Crippen LogP contribution in [0.2, 0.25) is 0 Å². The van der Waals surface area contributed by atoms with Crippen molar-refractivity contribution in [3.63, 3.8) is 0 Å². The zero-order chi connectivity index (χ0) is 19.8. The molecule has 4 rings (SSSR count). The van der Waals surface area contributed by atoms with Gasteiger partial charge in [-0.1, -0.05) is 6.07 Å². The van der Waals surface area contributed by atoms with Crippen molar-refractivity contribution >= 4 is 23.6 Å². The lowest BCUT2D eigenvalue weighted by molar-refractivity contribution is -0.136. The van der Waals surface area contributed by atoms with E-state index in [-0.39, 0.29) is 30.0 Å². The van der Waals surface area contributed by atoms with Crippen LogP contribution in [0.3, 0.4) is 0 Å². The SMILES string of the molecule is O=C1CCC(N2C(=O)c3ccc(CN[C@H]4CCNC[C@H]4O)cc3C2=O)C(=O)N1. The largest absolute Gasteiger partial charge is 0.390 e. The van der Waals surface area contributed by atoms with E-state index in [0.717, 1.165) is 23.4 Å². The fourth-order valence-electron chi connectivity index (χ4n) is 3.96. The fraction of sp³-hybridized carbons (Fsp3) is 0.474. The third-order valence-corrected chi connectivity index (χ3v) is 5.52. The van der Waals surface area contributed by atoms with E-state index in [1.807, 2.05) is 0 Å². The topological polar surface area (TPSA) is 128 Å². The van der Waals surface area contributed by atoms with Crippen LogP contribution in [0.5, 0.6) is 0 Å². The molecule has 0 aliphatic carbocycles. The van der Waals surface area contributed by atoms with Gasteiger partial charge in [-0.15, -0.1) is 0 Å². The predicted molar refractivity (Wildman–Crippen MR) is 97.2 cm³/mol. The van der Waals surface area contributed by atoms with Crippen LogP contribution in [0.15, 0.2) is 18.2 Å². The highest BCUT2D eigenvalue weighted by molar-refractivity contribution is 6.23. The summed E-state index contributed by atoms with van der Waals surface area (Å²) in [7, 11) is 0. The number of aliphatic hydroxyl groups excluding tert-OH is 1. The van der Waals surface area contributed by atoms with E-state index in [9.17, 15) is 24.3 Å². The molecule has 1 aromatic carbocycles. The van der Waals surface area contributed by atoms with Crippen LogP contribution >= 0.6 is 0 Å². The molecule has 3 heterocycles. The number of fused-ring (bicyclic) bond motifs is 1. The Morgan fingerprint density at radius 1 is 1.11 bits per heavy atom. The van der Waals surface area contributed by atoms with Gasteiger partial charge in [0.1, 0.15) is 6.04 Å². The summed E-state index contributed by atoms with van der Waals surface area (Å²) in [6, 6.07) is 4.01. The number of nitrogens with zero attached hydrogens (tertiary/aromatic N) is 1. The summed E-state index contributed by atoms with van der Waals surface area (Å²) in [4.78, 5) is 49.9. The molecule has 0 aromatic heterocycles. The monoisotopic (exact) mass is 386 g/mol. The minimum Gasteiger partial charge on any atom is -0.390 e. The molecule has 4 N–H and O–H groups in total. The van der Waals surface area contributed by atoms with Crippen LogP contribution in [0.1, 0.15) is 45.5 Å². The Morgan fingerprint density at radius 2 is 1.89 bits per heavy atom. The van der Waals surface area contributed by atoms with Crippen LogP contribution in [0.25, 0.3) is 0 Å². The number of hydrogen-bond acceptors (Lipinski definition) is 7. The van der Waals surface area contributed by atoms with Crippen LogP contribution in [0, 0.1) is 0 Å². The van der Waals surface area contributed by atoms with Crippen molar-refractivity contribution in [3.8, 4) is 0 Å². The number of aliphatic hydroxyl groups is 1. The summed E-state index contributed by atoms with van der Waals surface area (Å²) >= 11 is 0. The number of amides is 4. The molecule has 0 saturated carbocycles. The summed E-state index contributed by atoms with van der Waals surface area (Å²) in [5.41, 5.74) is 1.34. The van der Waals surface area contributed by atoms with Crippen molar-refractivity contribution < 1.29 is 24.3 Å². The Labute approximate surface area is 161 Å². The molecule has 3 aliphatic heterocycles. The number of imide groups is 2. The zero-order valence-corrected chi connectivity index (χ0v) is 15.2. The third-order valence-electron chi connectivity index (χ3n) is 5.52. The highest BCUT2D eigenvalue weighted by Crippen LogP contribution is 2.28. The van der Waals surface area contributed by atoms with Crippen molar-refractivity contribution in [3.05, 3.63) is 34.9 Å². The maximum absolute atomic E-state index is 12.8. The Balaban J connectivity index is 1.49. The number of rotatable bonds is 4. The van der Waals surface area contributed by atoms with Crippen LogP contribution in [-0.2, 0) is 16.1 Å². The molecule has 0 radical (unpaired) electrons. The highest BCUT2D eigenvalue weighted by atomic mass is 16.3. The van der Waals surface area contributed by atoms with E-state index < -0.39 is 35.8 Å². The molecule has 9 nitrogen and oxygen atoms in total. The van der Waals surface area contributed by atoms with E-state index in [2.05, 4.69) is 16.0 Å². The number of carbonyl (C=O) groups excluding carboxylic acids is 4. The quantitative estimate of drug-likeness (QED) is 0.484. The second-order valence-electron chi connectivity index (χ2n) is 7.37. The summed E-state index contributed by atoms with van der Waals surface area (Å²) in [6.07, 6.45) is 0.553.